The summed E-state index contributed by atoms with van der Waals surface area (Å²) in [5, 5.41) is 6.37. The largest absolute Gasteiger partial charge is 0.497 e. The van der Waals surface area contributed by atoms with Crippen LogP contribution in [0, 0.1) is 17.6 Å². The fraction of sp³-hybridized carbons (Fsp3) is 0.435. The number of halogens is 2. The first kappa shape index (κ1) is 22.0. The van der Waals surface area contributed by atoms with Crippen molar-refractivity contribution in [1.29, 1.82) is 0 Å². The number of nitrogens with one attached hydrogen (secondary N) is 2. The van der Waals surface area contributed by atoms with Gasteiger partial charge in [0.15, 0.2) is 5.96 Å². The van der Waals surface area contributed by atoms with E-state index in [4.69, 9.17) is 4.74 Å². The van der Waals surface area contributed by atoms with Crippen molar-refractivity contribution in [3.8, 4) is 5.75 Å². The summed E-state index contributed by atoms with van der Waals surface area (Å²) in [6, 6.07) is 11.7. The van der Waals surface area contributed by atoms with E-state index in [9.17, 15) is 8.78 Å². The standard InChI is InChI=1S/C23H30F2N4O/c1-26-23(28-15-19-13-20(24)5-8-22(19)25)27-14-17-9-11-29(12-10-17)16-18-3-6-21(30-2)7-4-18/h3-8,13,17H,9-12,14-16H2,1-2H3,(H2,26,27,28). The van der Waals surface area contributed by atoms with E-state index in [0.29, 0.717) is 11.9 Å². The van der Waals surface area contributed by atoms with Crippen molar-refractivity contribution in [2.45, 2.75) is 25.9 Å². The lowest BCUT2D eigenvalue weighted by atomic mass is 9.96. The summed E-state index contributed by atoms with van der Waals surface area (Å²) in [5.74, 6) is 1.16. The molecule has 1 aliphatic rings. The maximum absolute atomic E-state index is 13.8. The molecule has 5 nitrogen and oxygen atoms in total. The number of ether oxygens (including phenoxy) is 1. The number of benzene rings is 2. The number of piperidine rings is 1. The minimum atomic E-state index is -0.447. The van der Waals surface area contributed by atoms with E-state index < -0.39 is 11.6 Å². The van der Waals surface area contributed by atoms with E-state index in [-0.39, 0.29) is 12.1 Å². The average Bonchev–Trinajstić information content (AvgIpc) is 2.77. The molecule has 0 radical (unpaired) electrons. The molecule has 162 valence electrons. The normalized spacial score (nSPS) is 15.8. The minimum Gasteiger partial charge on any atom is -0.497 e. The molecule has 2 aromatic rings. The van der Waals surface area contributed by atoms with Crippen LogP contribution in [-0.2, 0) is 13.1 Å². The average molecular weight is 417 g/mol. The number of aliphatic imine (C=N–C) groups is 1. The molecular formula is C23H30F2N4O. The lowest BCUT2D eigenvalue weighted by molar-refractivity contribution is 0.178. The lowest BCUT2D eigenvalue weighted by Crippen LogP contribution is -2.42. The Bertz CT molecular complexity index is 834. The Kier molecular flexibility index (Phi) is 8.02. The van der Waals surface area contributed by atoms with E-state index in [1.165, 1.54) is 11.6 Å². The molecule has 7 heteroatoms. The van der Waals surface area contributed by atoms with Crippen molar-refractivity contribution < 1.29 is 13.5 Å². The number of methoxy groups -OCH3 is 1. The quantitative estimate of drug-likeness (QED) is 0.535. The van der Waals surface area contributed by atoms with E-state index in [1.54, 1.807) is 14.2 Å². The molecule has 0 spiro atoms. The fourth-order valence-electron chi connectivity index (χ4n) is 3.66. The van der Waals surface area contributed by atoms with Crippen LogP contribution in [-0.4, -0.2) is 44.7 Å². The van der Waals surface area contributed by atoms with Gasteiger partial charge >= 0.3 is 0 Å². The Hall–Kier alpha value is -2.67. The highest BCUT2D eigenvalue weighted by Gasteiger charge is 2.19. The zero-order valence-corrected chi connectivity index (χ0v) is 17.6. The lowest BCUT2D eigenvalue weighted by Gasteiger charge is -2.32. The molecule has 30 heavy (non-hydrogen) atoms. The first-order valence-corrected chi connectivity index (χ1v) is 10.3. The summed E-state index contributed by atoms with van der Waals surface area (Å²) in [5.41, 5.74) is 1.58. The Morgan fingerprint density at radius 3 is 2.50 bits per heavy atom. The summed E-state index contributed by atoms with van der Waals surface area (Å²) in [4.78, 5) is 6.65. The second-order valence-corrected chi connectivity index (χ2v) is 7.61. The van der Waals surface area contributed by atoms with Crippen LogP contribution in [0.4, 0.5) is 8.78 Å². The summed E-state index contributed by atoms with van der Waals surface area (Å²) < 4.78 is 32.3. The molecule has 1 heterocycles. The van der Waals surface area contributed by atoms with Crippen LogP contribution in [0.15, 0.2) is 47.5 Å². The third-order valence-electron chi connectivity index (χ3n) is 5.51. The Morgan fingerprint density at radius 1 is 1.10 bits per heavy atom. The fourth-order valence-corrected chi connectivity index (χ4v) is 3.66. The van der Waals surface area contributed by atoms with Crippen LogP contribution in [0.3, 0.4) is 0 Å². The number of nitrogens with zero attached hydrogens (tertiary/aromatic N) is 2. The van der Waals surface area contributed by atoms with Crippen LogP contribution in [0.5, 0.6) is 5.75 Å². The maximum Gasteiger partial charge on any atom is 0.191 e. The van der Waals surface area contributed by atoms with Crippen molar-refractivity contribution in [2.75, 3.05) is 33.8 Å². The SMILES string of the molecule is CN=C(NCc1cc(F)ccc1F)NCC1CCN(Cc2ccc(OC)cc2)CC1. The Morgan fingerprint density at radius 2 is 1.83 bits per heavy atom. The molecule has 0 unspecified atom stereocenters. The van der Waals surface area contributed by atoms with Gasteiger partial charge in [-0.15, -0.1) is 0 Å². The van der Waals surface area contributed by atoms with E-state index in [0.717, 1.165) is 56.9 Å². The van der Waals surface area contributed by atoms with Crippen LogP contribution >= 0.6 is 0 Å². The third kappa shape index (κ3) is 6.42. The molecule has 0 atom stereocenters. The molecule has 1 aliphatic heterocycles. The Balaban J connectivity index is 1.39. The second-order valence-electron chi connectivity index (χ2n) is 7.61. The molecule has 0 bridgehead atoms. The van der Waals surface area contributed by atoms with Gasteiger partial charge in [-0.1, -0.05) is 12.1 Å². The molecule has 1 saturated heterocycles. The van der Waals surface area contributed by atoms with Gasteiger partial charge in [-0.3, -0.25) is 9.89 Å². The van der Waals surface area contributed by atoms with E-state index in [2.05, 4.69) is 32.7 Å². The van der Waals surface area contributed by atoms with Crippen molar-refractivity contribution in [3.05, 3.63) is 65.2 Å². The van der Waals surface area contributed by atoms with Crippen LogP contribution in [0.2, 0.25) is 0 Å². The molecule has 3 rings (SSSR count). The maximum atomic E-state index is 13.8. The van der Waals surface area contributed by atoms with Gasteiger partial charge in [-0.2, -0.15) is 0 Å². The van der Waals surface area contributed by atoms with E-state index in [1.807, 2.05) is 12.1 Å². The number of guanidine groups is 1. The number of hydrogen-bond acceptors (Lipinski definition) is 3. The van der Waals surface area contributed by atoms with Gasteiger partial charge < -0.3 is 15.4 Å². The predicted molar refractivity (Wildman–Crippen MR) is 116 cm³/mol. The van der Waals surface area contributed by atoms with E-state index >= 15 is 0 Å². The van der Waals surface area contributed by atoms with Gasteiger partial charge in [0.25, 0.3) is 0 Å². The molecule has 2 N–H and O–H groups in total. The van der Waals surface area contributed by atoms with Crippen molar-refractivity contribution >= 4 is 5.96 Å². The van der Waals surface area contributed by atoms with Crippen molar-refractivity contribution in [2.24, 2.45) is 10.9 Å². The smallest absolute Gasteiger partial charge is 0.191 e. The first-order valence-electron chi connectivity index (χ1n) is 10.3. The zero-order valence-electron chi connectivity index (χ0n) is 17.6. The molecule has 0 amide bonds. The zero-order chi connectivity index (χ0) is 21.3. The molecule has 1 fully saturated rings. The molecule has 2 aromatic carbocycles. The van der Waals surface area contributed by atoms with Gasteiger partial charge in [-0.05, 0) is 67.7 Å². The highest BCUT2D eigenvalue weighted by molar-refractivity contribution is 5.79. The Labute approximate surface area is 177 Å². The molecular weight excluding hydrogens is 386 g/mol. The minimum absolute atomic E-state index is 0.184. The van der Waals surface area contributed by atoms with Gasteiger partial charge in [0.2, 0.25) is 0 Å². The van der Waals surface area contributed by atoms with Gasteiger partial charge in [-0.25, -0.2) is 8.78 Å². The molecule has 0 saturated carbocycles. The number of hydrogen-bond donors (Lipinski definition) is 2. The topological polar surface area (TPSA) is 48.9 Å². The number of rotatable bonds is 7. The number of likely N-dealkylation sites (tertiary alicyclic amines) is 1. The highest BCUT2D eigenvalue weighted by atomic mass is 19.1. The summed E-state index contributed by atoms with van der Waals surface area (Å²) in [6.45, 7) is 4.05. The van der Waals surface area contributed by atoms with Gasteiger partial charge in [0.05, 0.1) is 7.11 Å². The van der Waals surface area contributed by atoms with Crippen molar-refractivity contribution in [1.82, 2.24) is 15.5 Å². The predicted octanol–water partition coefficient (Wildman–Crippen LogP) is 3.55. The van der Waals surface area contributed by atoms with Gasteiger partial charge in [0.1, 0.15) is 17.4 Å². The third-order valence-corrected chi connectivity index (χ3v) is 5.51. The van der Waals surface area contributed by atoms with Crippen LogP contribution < -0.4 is 15.4 Å². The van der Waals surface area contributed by atoms with Crippen LogP contribution in [0.25, 0.3) is 0 Å². The molecule has 0 aliphatic carbocycles. The van der Waals surface area contributed by atoms with Crippen molar-refractivity contribution in [3.63, 3.8) is 0 Å². The van der Waals surface area contributed by atoms with Crippen LogP contribution in [0.1, 0.15) is 24.0 Å². The van der Waals surface area contributed by atoms with Gasteiger partial charge in [0, 0.05) is 32.2 Å². The molecule has 0 aromatic heterocycles. The summed E-state index contributed by atoms with van der Waals surface area (Å²) in [7, 11) is 3.35. The summed E-state index contributed by atoms with van der Waals surface area (Å²) >= 11 is 0. The monoisotopic (exact) mass is 416 g/mol. The highest BCUT2D eigenvalue weighted by Crippen LogP contribution is 2.19. The first-order chi connectivity index (χ1) is 14.6. The summed E-state index contributed by atoms with van der Waals surface area (Å²) in [6.07, 6.45) is 2.22. The second kappa shape index (κ2) is 10.9.